The molecule has 0 fully saturated rings. The average molecular weight is 248 g/mol. The maximum absolute atomic E-state index is 10.7. The molecule has 0 radical (unpaired) electrons. The van der Waals surface area contributed by atoms with Gasteiger partial charge in [0.2, 0.25) is 0 Å². The summed E-state index contributed by atoms with van der Waals surface area (Å²) >= 11 is 1.30. The molecule has 0 aliphatic carbocycles. The first-order chi connectivity index (χ1) is 8.15. The summed E-state index contributed by atoms with van der Waals surface area (Å²) in [5, 5.41) is 9.25. The molecule has 1 aromatic carbocycles. The van der Waals surface area contributed by atoms with E-state index >= 15 is 0 Å². The molecular weight excluding hydrogens is 232 g/mol. The van der Waals surface area contributed by atoms with Crippen molar-refractivity contribution in [3.05, 3.63) is 34.9 Å². The molecule has 90 valence electrons. The number of hydrogen-bond acceptors (Lipinski definition) is 3. The van der Waals surface area contributed by atoms with E-state index in [9.17, 15) is 4.79 Å². The molecule has 0 amide bonds. The van der Waals surface area contributed by atoms with E-state index in [2.05, 4.69) is 11.8 Å². The quantitative estimate of drug-likeness (QED) is 0.659. The molecule has 0 saturated carbocycles. The van der Waals surface area contributed by atoms with Gasteiger partial charge in [0.05, 0.1) is 6.61 Å². The van der Waals surface area contributed by atoms with Gasteiger partial charge in [-0.25, -0.2) is 0 Å². The first kappa shape index (κ1) is 13.8. The van der Waals surface area contributed by atoms with Gasteiger partial charge in [0.25, 0.3) is 0 Å². The molecule has 0 heterocycles. The van der Waals surface area contributed by atoms with Crippen molar-refractivity contribution in [1.29, 1.82) is 0 Å². The van der Waals surface area contributed by atoms with Crippen LogP contribution >= 0.6 is 11.8 Å². The van der Waals surface area contributed by atoms with Crippen LogP contribution in [0, 0.1) is 18.8 Å². The molecule has 1 rings (SSSR count). The zero-order chi connectivity index (χ0) is 12.7. The van der Waals surface area contributed by atoms with E-state index in [0.29, 0.717) is 6.42 Å². The third-order valence-corrected chi connectivity index (χ3v) is 3.19. The van der Waals surface area contributed by atoms with Crippen molar-refractivity contribution < 1.29 is 9.90 Å². The standard InChI is InChI=1S/C14H16O2S/c1-11-13(7-5-8-14(11)10-15)6-3-4-9-17-12(2)16/h5,7-8,15H,4,9-10H2,1-2H3. The van der Waals surface area contributed by atoms with E-state index in [1.54, 1.807) is 6.92 Å². The van der Waals surface area contributed by atoms with Crippen LogP contribution in [0.4, 0.5) is 0 Å². The van der Waals surface area contributed by atoms with Gasteiger partial charge in [0.15, 0.2) is 5.12 Å². The lowest BCUT2D eigenvalue weighted by Crippen LogP contribution is -1.91. The Bertz CT molecular complexity index is 455. The Morgan fingerprint density at radius 2 is 2.24 bits per heavy atom. The van der Waals surface area contributed by atoms with Gasteiger partial charge < -0.3 is 5.11 Å². The van der Waals surface area contributed by atoms with Crippen LogP contribution in [-0.4, -0.2) is 16.0 Å². The second-order valence-electron chi connectivity index (χ2n) is 3.64. The lowest BCUT2D eigenvalue weighted by Gasteiger charge is -2.03. The van der Waals surface area contributed by atoms with E-state index in [4.69, 9.17) is 5.11 Å². The van der Waals surface area contributed by atoms with Crippen molar-refractivity contribution in [3.8, 4) is 11.8 Å². The Morgan fingerprint density at radius 1 is 1.47 bits per heavy atom. The van der Waals surface area contributed by atoms with Crippen molar-refractivity contribution in [2.75, 3.05) is 5.75 Å². The van der Waals surface area contributed by atoms with Crippen molar-refractivity contribution >= 4 is 16.9 Å². The minimum atomic E-state index is 0.0432. The highest BCUT2D eigenvalue weighted by atomic mass is 32.2. The van der Waals surface area contributed by atoms with Crippen LogP contribution in [0.25, 0.3) is 0 Å². The molecule has 0 unspecified atom stereocenters. The average Bonchev–Trinajstić information content (AvgIpc) is 2.30. The smallest absolute Gasteiger partial charge is 0.185 e. The number of benzene rings is 1. The summed E-state index contributed by atoms with van der Waals surface area (Å²) in [6.07, 6.45) is 0.701. The Balaban J connectivity index is 2.62. The Kier molecular flexibility index (Phi) is 5.82. The maximum atomic E-state index is 10.7. The first-order valence-electron chi connectivity index (χ1n) is 5.46. The van der Waals surface area contributed by atoms with E-state index in [1.807, 2.05) is 25.1 Å². The number of hydrogen-bond donors (Lipinski definition) is 1. The Morgan fingerprint density at radius 3 is 2.88 bits per heavy atom. The molecular formula is C14H16O2S. The minimum Gasteiger partial charge on any atom is -0.392 e. The number of thioether (sulfide) groups is 1. The van der Waals surface area contributed by atoms with Crippen LogP contribution in [0.3, 0.4) is 0 Å². The molecule has 0 saturated heterocycles. The van der Waals surface area contributed by atoms with Gasteiger partial charge in [-0.2, -0.15) is 0 Å². The third-order valence-electron chi connectivity index (χ3n) is 2.37. The van der Waals surface area contributed by atoms with Crippen LogP contribution < -0.4 is 0 Å². The van der Waals surface area contributed by atoms with Gasteiger partial charge >= 0.3 is 0 Å². The summed E-state index contributed by atoms with van der Waals surface area (Å²) < 4.78 is 0. The molecule has 1 N–H and O–H groups in total. The molecule has 1 aromatic rings. The predicted octanol–water partition coefficient (Wildman–Crippen LogP) is 2.51. The second-order valence-corrected chi connectivity index (χ2v) is 4.91. The number of carbonyl (C=O) groups is 1. The minimum absolute atomic E-state index is 0.0432. The lowest BCUT2D eigenvalue weighted by atomic mass is 10.0. The number of rotatable bonds is 3. The van der Waals surface area contributed by atoms with Crippen molar-refractivity contribution in [3.63, 3.8) is 0 Å². The molecule has 0 aromatic heterocycles. The van der Waals surface area contributed by atoms with Crippen LogP contribution in [-0.2, 0) is 11.4 Å². The third kappa shape index (κ3) is 4.64. The fourth-order valence-corrected chi connectivity index (χ4v) is 1.89. The second kappa shape index (κ2) is 7.16. The highest BCUT2D eigenvalue weighted by Gasteiger charge is 1.99. The molecule has 2 nitrogen and oxygen atoms in total. The van der Waals surface area contributed by atoms with Crippen LogP contribution in [0.2, 0.25) is 0 Å². The summed E-state index contributed by atoms with van der Waals surface area (Å²) in [7, 11) is 0. The zero-order valence-corrected chi connectivity index (χ0v) is 10.9. The molecule has 0 atom stereocenters. The monoisotopic (exact) mass is 248 g/mol. The summed E-state index contributed by atoms with van der Waals surface area (Å²) in [4.78, 5) is 10.7. The molecule has 0 aliphatic rings. The van der Waals surface area contributed by atoms with E-state index in [0.717, 1.165) is 22.4 Å². The van der Waals surface area contributed by atoms with Gasteiger partial charge in [-0.15, -0.1) is 0 Å². The molecule has 0 bridgehead atoms. The molecule has 0 aliphatic heterocycles. The summed E-state index contributed by atoms with van der Waals surface area (Å²) in [6.45, 7) is 3.56. The largest absolute Gasteiger partial charge is 0.392 e. The van der Waals surface area contributed by atoms with Crippen LogP contribution in [0.15, 0.2) is 18.2 Å². The Hall–Kier alpha value is -1.24. The first-order valence-corrected chi connectivity index (χ1v) is 6.45. The summed E-state index contributed by atoms with van der Waals surface area (Å²) in [6, 6.07) is 5.73. The lowest BCUT2D eigenvalue weighted by molar-refractivity contribution is -0.109. The topological polar surface area (TPSA) is 37.3 Å². The van der Waals surface area contributed by atoms with Gasteiger partial charge in [0.1, 0.15) is 0 Å². The van der Waals surface area contributed by atoms with Crippen molar-refractivity contribution in [1.82, 2.24) is 0 Å². The highest BCUT2D eigenvalue weighted by Crippen LogP contribution is 2.12. The highest BCUT2D eigenvalue weighted by molar-refractivity contribution is 8.13. The van der Waals surface area contributed by atoms with Crippen molar-refractivity contribution in [2.45, 2.75) is 26.9 Å². The SMILES string of the molecule is CC(=O)SCCC#Cc1cccc(CO)c1C. The molecule has 17 heavy (non-hydrogen) atoms. The normalized spacial score (nSPS) is 9.59. The van der Waals surface area contributed by atoms with E-state index < -0.39 is 0 Å². The fraction of sp³-hybridized carbons (Fsp3) is 0.357. The summed E-state index contributed by atoms with van der Waals surface area (Å²) in [5.74, 6) is 6.86. The van der Waals surface area contributed by atoms with Gasteiger partial charge in [-0.3, -0.25) is 4.79 Å². The number of aliphatic hydroxyl groups is 1. The molecule has 3 heteroatoms. The number of carbonyl (C=O) groups excluding carboxylic acids is 1. The zero-order valence-electron chi connectivity index (χ0n) is 10.1. The van der Waals surface area contributed by atoms with Gasteiger partial charge in [-0.05, 0) is 24.1 Å². The van der Waals surface area contributed by atoms with Crippen LogP contribution in [0.5, 0.6) is 0 Å². The van der Waals surface area contributed by atoms with Crippen molar-refractivity contribution in [2.24, 2.45) is 0 Å². The van der Waals surface area contributed by atoms with E-state index in [1.165, 1.54) is 11.8 Å². The number of aliphatic hydroxyl groups excluding tert-OH is 1. The molecule has 0 spiro atoms. The van der Waals surface area contributed by atoms with Gasteiger partial charge in [0, 0.05) is 24.7 Å². The Labute approximate surface area is 106 Å². The fourth-order valence-electron chi connectivity index (χ4n) is 1.39. The van der Waals surface area contributed by atoms with Gasteiger partial charge in [-0.1, -0.05) is 35.7 Å². The predicted molar refractivity (Wildman–Crippen MR) is 71.7 cm³/mol. The van der Waals surface area contributed by atoms with E-state index in [-0.39, 0.29) is 11.7 Å². The van der Waals surface area contributed by atoms with Crippen LogP contribution in [0.1, 0.15) is 30.0 Å². The summed E-state index contributed by atoms with van der Waals surface area (Å²) in [5.41, 5.74) is 2.89. The maximum Gasteiger partial charge on any atom is 0.185 e.